The molecule has 9 aromatic rings. The molecule has 0 N–H and O–H groups in total. The molecule has 0 amide bonds. The van der Waals surface area contributed by atoms with Gasteiger partial charge in [-0.1, -0.05) is 97.1 Å². The monoisotopic (exact) mass is 499 g/mol. The second-order valence-corrected chi connectivity index (χ2v) is 11.2. The van der Waals surface area contributed by atoms with E-state index in [9.17, 15) is 0 Å². The molecule has 0 unspecified atom stereocenters. The maximum atomic E-state index is 2.51. The van der Waals surface area contributed by atoms with Crippen LogP contribution in [0.1, 0.15) is 0 Å². The lowest BCUT2D eigenvalue weighted by Crippen LogP contribution is -1.94. The predicted molar refractivity (Wildman–Crippen MR) is 166 cm³/mol. The lowest BCUT2D eigenvalue weighted by molar-refractivity contribution is 1.19. The molecule has 0 aliphatic heterocycles. The summed E-state index contributed by atoms with van der Waals surface area (Å²) in [7, 11) is 0. The summed E-state index contributed by atoms with van der Waals surface area (Å²) >= 11 is 1.87. The molecule has 2 aromatic heterocycles. The zero-order chi connectivity index (χ0) is 24.8. The fourth-order valence-electron chi connectivity index (χ4n) is 6.56. The Morgan fingerprint density at radius 1 is 0.421 bits per heavy atom. The van der Waals surface area contributed by atoms with Gasteiger partial charge in [0, 0.05) is 42.0 Å². The van der Waals surface area contributed by atoms with Crippen molar-refractivity contribution in [2.75, 3.05) is 0 Å². The topological polar surface area (TPSA) is 4.93 Å². The Kier molecular flexibility index (Phi) is 3.99. The van der Waals surface area contributed by atoms with Gasteiger partial charge in [0.1, 0.15) is 0 Å². The largest absolute Gasteiger partial charge is 0.309 e. The Morgan fingerprint density at radius 3 is 1.89 bits per heavy atom. The van der Waals surface area contributed by atoms with Crippen molar-refractivity contribution in [3.8, 4) is 5.69 Å². The molecule has 176 valence electrons. The minimum Gasteiger partial charge on any atom is -0.309 e. The molecule has 0 aliphatic carbocycles. The Labute approximate surface area is 222 Å². The first-order chi connectivity index (χ1) is 18.9. The van der Waals surface area contributed by atoms with Crippen molar-refractivity contribution in [2.24, 2.45) is 0 Å². The van der Waals surface area contributed by atoms with Gasteiger partial charge in [-0.2, -0.15) is 0 Å². The van der Waals surface area contributed by atoms with Crippen LogP contribution in [0.15, 0.2) is 127 Å². The zero-order valence-corrected chi connectivity index (χ0v) is 21.3. The molecule has 0 atom stereocenters. The van der Waals surface area contributed by atoms with E-state index in [0.717, 1.165) is 0 Å². The predicted octanol–water partition coefficient (Wildman–Crippen LogP) is 10.6. The van der Waals surface area contributed by atoms with Crippen molar-refractivity contribution in [1.82, 2.24) is 4.57 Å². The Balaban J connectivity index is 1.57. The van der Waals surface area contributed by atoms with Crippen molar-refractivity contribution >= 4 is 85.6 Å². The fraction of sp³-hybridized carbons (Fsp3) is 0. The molecule has 0 bridgehead atoms. The first-order valence-corrected chi connectivity index (χ1v) is 13.9. The van der Waals surface area contributed by atoms with Gasteiger partial charge in [-0.15, -0.1) is 11.3 Å². The van der Waals surface area contributed by atoms with E-state index in [2.05, 4.69) is 132 Å². The van der Waals surface area contributed by atoms with Gasteiger partial charge in [-0.3, -0.25) is 0 Å². The summed E-state index contributed by atoms with van der Waals surface area (Å²) in [5.74, 6) is 0. The van der Waals surface area contributed by atoms with E-state index in [0.29, 0.717) is 0 Å². The van der Waals surface area contributed by atoms with Gasteiger partial charge in [-0.25, -0.2) is 0 Å². The van der Waals surface area contributed by atoms with Gasteiger partial charge < -0.3 is 4.57 Å². The van der Waals surface area contributed by atoms with Crippen molar-refractivity contribution in [3.05, 3.63) is 127 Å². The van der Waals surface area contributed by atoms with Crippen LogP contribution in [0.2, 0.25) is 0 Å². The first-order valence-electron chi connectivity index (χ1n) is 13.0. The van der Waals surface area contributed by atoms with E-state index in [-0.39, 0.29) is 0 Å². The van der Waals surface area contributed by atoms with Crippen molar-refractivity contribution in [3.63, 3.8) is 0 Å². The number of thiophene rings is 1. The highest BCUT2D eigenvalue weighted by Crippen LogP contribution is 2.45. The lowest BCUT2D eigenvalue weighted by Gasteiger charge is -2.12. The van der Waals surface area contributed by atoms with Gasteiger partial charge in [-0.05, 0) is 57.3 Å². The number of benzene rings is 7. The van der Waals surface area contributed by atoms with Crippen LogP contribution in [0.25, 0.3) is 80.0 Å². The van der Waals surface area contributed by atoms with Gasteiger partial charge in [0.25, 0.3) is 0 Å². The van der Waals surface area contributed by atoms with Crippen LogP contribution in [0.5, 0.6) is 0 Å². The molecular weight excluding hydrogens is 478 g/mol. The van der Waals surface area contributed by atoms with Crippen molar-refractivity contribution in [2.45, 2.75) is 0 Å². The molecule has 0 radical (unpaired) electrons. The molecule has 0 saturated carbocycles. The first kappa shape index (κ1) is 20.4. The number of nitrogens with zero attached hydrogens (tertiary/aromatic N) is 1. The smallest absolute Gasteiger partial charge is 0.0626 e. The molecule has 7 aromatic carbocycles. The summed E-state index contributed by atoms with van der Waals surface area (Å²) in [5.41, 5.74) is 3.74. The molecule has 0 spiro atoms. The summed E-state index contributed by atoms with van der Waals surface area (Å²) in [5, 5.41) is 13.1. The van der Waals surface area contributed by atoms with E-state index in [1.807, 2.05) is 11.3 Å². The third kappa shape index (κ3) is 2.60. The van der Waals surface area contributed by atoms with E-state index >= 15 is 0 Å². The number of hydrogen-bond donors (Lipinski definition) is 0. The van der Waals surface area contributed by atoms with Crippen LogP contribution < -0.4 is 0 Å². The second-order valence-electron chi connectivity index (χ2n) is 10.1. The molecular formula is C36H21NS. The zero-order valence-electron chi connectivity index (χ0n) is 20.5. The summed E-state index contributed by atoms with van der Waals surface area (Å²) in [6, 6.07) is 47.0. The second kappa shape index (κ2) is 7.44. The van der Waals surface area contributed by atoms with Crippen molar-refractivity contribution < 1.29 is 0 Å². The Bertz CT molecular complexity index is 2400. The van der Waals surface area contributed by atoms with Gasteiger partial charge in [0.2, 0.25) is 0 Å². The van der Waals surface area contributed by atoms with Crippen LogP contribution in [-0.4, -0.2) is 4.57 Å². The van der Waals surface area contributed by atoms with Gasteiger partial charge >= 0.3 is 0 Å². The third-order valence-corrected chi connectivity index (χ3v) is 9.30. The Hall–Kier alpha value is -4.66. The fourth-order valence-corrected chi connectivity index (χ4v) is 7.65. The van der Waals surface area contributed by atoms with E-state index in [1.165, 1.54) is 80.0 Å². The van der Waals surface area contributed by atoms with Crippen LogP contribution in [0, 0.1) is 0 Å². The number of rotatable bonds is 1. The molecule has 1 nitrogen and oxygen atoms in total. The molecule has 0 saturated heterocycles. The van der Waals surface area contributed by atoms with E-state index in [1.54, 1.807) is 0 Å². The highest BCUT2D eigenvalue weighted by atomic mass is 32.1. The van der Waals surface area contributed by atoms with Crippen LogP contribution in [0.3, 0.4) is 0 Å². The molecule has 2 heterocycles. The number of aromatic nitrogens is 1. The summed E-state index contributed by atoms with van der Waals surface area (Å²) < 4.78 is 5.18. The lowest BCUT2D eigenvalue weighted by atomic mass is 9.95. The maximum absolute atomic E-state index is 2.51. The van der Waals surface area contributed by atoms with Gasteiger partial charge in [0.05, 0.1) is 11.0 Å². The molecule has 9 rings (SSSR count). The highest BCUT2D eigenvalue weighted by molar-refractivity contribution is 7.25. The van der Waals surface area contributed by atoms with Crippen LogP contribution >= 0.6 is 11.3 Å². The minimum absolute atomic E-state index is 1.21. The standard InChI is InChI=1S/C36H21NS/c1-2-10-24-22(9-1)17-19-31-34(24)35-28-14-5-3-11-25(28)26-12-4-6-15-29(26)36(35)37(31)23-18-20-33-30(21-23)27-13-7-8-16-32(27)38-33/h1-21H. The SMILES string of the molecule is c1ccc2c(c1)ccc1c2c2c3ccccc3c3ccccc3c2n1-c1ccc2sc3ccccc3c2c1. The molecule has 38 heavy (non-hydrogen) atoms. The molecule has 2 heteroatoms. The normalized spacial score (nSPS) is 12.2. The average molecular weight is 500 g/mol. The number of fused-ring (bicyclic) bond motifs is 13. The summed E-state index contributed by atoms with van der Waals surface area (Å²) in [6.07, 6.45) is 0. The molecule has 0 aliphatic rings. The van der Waals surface area contributed by atoms with Crippen LogP contribution in [0.4, 0.5) is 0 Å². The quantitative estimate of drug-likeness (QED) is 0.198. The third-order valence-electron chi connectivity index (χ3n) is 8.15. The highest BCUT2D eigenvalue weighted by Gasteiger charge is 2.20. The van der Waals surface area contributed by atoms with Crippen molar-refractivity contribution in [1.29, 1.82) is 0 Å². The average Bonchev–Trinajstić information content (AvgIpc) is 3.53. The molecule has 0 fully saturated rings. The van der Waals surface area contributed by atoms with Crippen LogP contribution in [-0.2, 0) is 0 Å². The summed E-state index contributed by atoms with van der Waals surface area (Å²) in [4.78, 5) is 0. The van der Waals surface area contributed by atoms with E-state index < -0.39 is 0 Å². The Morgan fingerprint density at radius 2 is 1.05 bits per heavy atom. The maximum Gasteiger partial charge on any atom is 0.0626 e. The summed E-state index contributed by atoms with van der Waals surface area (Å²) in [6.45, 7) is 0. The van der Waals surface area contributed by atoms with E-state index in [4.69, 9.17) is 0 Å². The number of hydrogen-bond acceptors (Lipinski definition) is 1. The minimum atomic E-state index is 1.21. The van der Waals surface area contributed by atoms with Gasteiger partial charge in [0.15, 0.2) is 0 Å².